The van der Waals surface area contributed by atoms with E-state index in [9.17, 15) is 9.59 Å². The van der Waals surface area contributed by atoms with Gasteiger partial charge in [0.05, 0.1) is 6.61 Å². The second kappa shape index (κ2) is 7.85. The normalized spacial score (nSPS) is 13.5. The van der Waals surface area contributed by atoms with E-state index in [1.54, 1.807) is 18.2 Å². The summed E-state index contributed by atoms with van der Waals surface area (Å²) in [6.07, 6.45) is 3.04. The van der Waals surface area contributed by atoms with Crippen molar-refractivity contribution in [3.8, 4) is 11.5 Å². The number of carboxylic acid groups (broad SMARTS) is 1. The molecule has 1 aliphatic carbocycles. The van der Waals surface area contributed by atoms with Crippen LogP contribution in [0.25, 0.3) is 0 Å². The molecule has 6 heteroatoms. The summed E-state index contributed by atoms with van der Waals surface area (Å²) in [5.74, 6) is -0.346. The standard InChI is InChI=1S/C17H23NO5/c1-3-9-18(13-6-7-13)17(21)12-5-8-14(23-11-16(19)20)15(10-12)22-4-2/h5,8,10,13H,3-4,6-7,9,11H2,1-2H3,(H,19,20). The Morgan fingerprint density at radius 3 is 2.52 bits per heavy atom. The van der Waals surface area contributed by atoms with Crippen LogP contribution in [-0.4, -0.2) is 47.7 Å². The fourth-order valence-corrected chi connectivity index (χ4v) is 2.41. The average Bonchev–Trinajstić information content (AvgIpc) is 3.35. The molecule has 1 N–H and O–H groups in total. The fourth-order valence-electron chi connectivity index (χ4n) is 2.41. The van der Waals surface area contributed by atoms with Crippen LogP contribution in [0.4, 0.5) is 0 Å². The Bertz CT molecular complexity index is 568. The van der Waals surface area contributed by atoms with Gasteiger partial charge in [-0.1, -0.05) is 6.92 Å². The summed E-state index contributed by atoms with van der Waals surface area (Å²) in [4.78, 5) is 25.2. The minimum absolute atomic E-state index is 0.0138. The first-order valence-electron chi connectivity index (χ1n) is 7.99. The molecule has 0 radical (unpaired) electrons. The Labute approximate surface area is 136 Å². The van der Waals surface area contributed by atoms with E-state index in [0.717, 1.165) is 25.8 Å². The van der Waals surface area contributed by atoms with E-state index in [0.29, 0.717) is 29.7 Å². The van der Waals surface area contributed by atoms with Gasteiger partial charge >= 0.3 is 5.97 Å². The van der Waals surface area contributed by atoms with Crippen molar-refractivity contribution in [2.24, 2.45) is 0 Å². The molecule has 0 atom stereocenters. The summed E-state index contributed by atoms with van der Waals surface area (Å²) in [5.41, 5.74) is 0.538. The molecule has 1 aromatic rings. The lowest BCUT2D eigenvalue weighted by Gasteiger charge is -2.22. The Kier molecular flexibility index (Phi) is 5.84. The second-order valence-electron chi connectivity index (χ2n) is 5.51. The second-order valence-corrected chi connectivity index (χ2v) is 5.51. The molecule has 126 valence electrons. The molecule has 0 spiro atoms. The van der Waals surface area contributed by atoms with Gasteiger partial charge in [0.15, 0.2) is 18.1 Å². The van der Waals surface area contributed by atoms with E-state index in [1.807, 2.05) is 11.8 Å². The Morgan fingerprint density at radius 1 is 1.22 bits per heavy atom. The highest BCUT2D eigenvalue weighted by Gasteiger charge is 2.32. The number of rotatable bonds is 9. The van der Waals surface area contributed by atoms with Crippen molar-refractivity contribution >= 4 is 11.9 Å². The molecule has 2 rings (SSSR count). The Morgan fingerprint density at radius 2 is 1.96 bits per heavy atom. The largest absolute Gasteiger partial charge is 0.490 e. The van der Waals surface area contributed by atoms with Gasteiger partial charge in [0.2, 0.25) is 0 Å². The number of hydrogen-bond acceptors (Lipinski definition) is 4. The molecule has 0 unspecified atom stereocenters. The van der Waals surface area contributed by atoms with Gasteiger partial charge in [0.1, 0.15) is 0 Å². The van der Waals surface area contributed by atoms with Crippen molar-refractivity contribution in [1.82, 2.24) is 4.90 Å². The number of amides is 1. The van der Waals surface area contributed by atoms with Crippen LogP contribution in [0.2, 0.25) is 0 Å². The lowest BCUT2D eigenvalue weighted by Crippen LogP contribution is -2.33. The Balaban J connectivity index is 2.19. The number of carbonyl (C=O) groups is 2. The molecular weight excluding hydrogens is 298 g/mol. The highest BCUT2D eigenvalue weighted by molar-refractivity contribution is 5.95. The predicted molar refractivity (Wildman–Crippen MR) is 85.1 cm³/mol. The van der Waals surface area contributed by atoms with E-state index < -0.39 is 12.6 Å². The minimum Gasteiger partial charge on any atom is -0.490 e. The van der Waals surface area contributed by atoms with Gasteiger partial charge < -0.3 is 19.5 Å². The Hall–Kier alpha value is -2.24. The van der Waals surface area contributed by atoms with Gasteiger partial charge in [0.25, 0.3) is 5.91 Å². The van der Waals surface area contributed by atoms with Crippen molar-refractivity contribution in [2.45, 2.75) is 39.2 Å². The number of aliphatic carboxylic acids is 1. The van der Waals surface area contributed by atoms with Gasteiger partial charge in [-0.15, -0.1) is 0 Å². The van der Waals surface area contributed by atoms with Crippen LogP contribution in [0.1, 0.15) is 43.5 Å². The van der Waals surface area contributed by atoms with E-state index in [-0.39, 0.29) is 5.91 Å². The molecule has 23 heavy (non-hydrogen) atoms. The van der Waals surface area contributed by atoms with Crippen LogP contribution >= 0.6 is 0 Å². The molecule has 0 heterocycles. The van der Waals surface area contributed by atoms with Crippen molar-refractivity contribution in [2.75, 3.05) is 19.8 Å². The molecule has 1 saturated carbocycles. The summed E-state index contributed by atoms with van der Waals surface area (Å²) in [6.45, 7) is 4.57. The zero-order valence-corrected chi connectivity index (χ0v) is 13.6. The van der Waals surface area contributed by atoms with Crippen LogP contribution in [0.5, 0.6) is 11.5 Å². The first-order chi connectivity index (χ1) is 11.1. The number of nitrogens with zero attached hydrogens (tertiary/aromatic N) is 1. The van der Waals surface area contributed by atoms with Gasteiger partial charge in [-0.2, -0.15) is 0 Å². The highest BCUT2D eigenvalue weighted by atomic mass is 16.5. The third kappa shape index (κ3) is 4.61. The maximum absolute atomic E-state index is 12.7. The molecule has 0 saturated heterocycles. The SMILES string of the molecule is CCCN(C(=O)c1ccc(OCC(=O)O)c(OCC)c1)C1CC1. The minimum atomic E-state index is -1.06. The predicted octanol–water partition coefficient (Wildman–Crippen LogP) is 2.56. The monoisotopic (exact) mass is 321 g/mol. The van der Waals surface area contributed by atoms with E-state index >= 15 is 0 Å². The fraction of sp³-hybridized carbons (Fsp3) is 0.529. The van der Waals surface area contributed by atoms with Gasteiger partial charge in [-0.25, -0.2) is 4.79 Å². The first-order valence-corrected chi connectivity index (χ1v) is 7.99. The molecule has 0 aliphatic heterocycles. The third-order valence-electron chi connectivity index (χ3n) is 3.55. The molecule has 6 nitrogen and oxygen atoms in total. The molecule has 1 aliphatic rings. The van der Waals surface area contributed by atoms with Crippen molar-refractivity contribution in [3.05, 3.63) is 23.8 Å². The maximum Gasteiger partial charge on any atom is 0.341 e. The average molecular weight is 321 g/mol. The number of ether oxygens (including phenoxy) is 2. The van der Waals surface area contributed by atoms with Gasteiger partial charge in [-0.3, -0.25) is 4.79 Å². The van der Waals surface area contributed by atoms with Crippen LogP contribution in [0.15, 0.2) is 18.2 Å². The lowest BCUT2D eigenvalue weighted by molar-refractivity contribution is -0.139. The van der Waals surface area contributed by atoms with E-state index in [2.05, 4.69) is 6.92 Å². The smallest absolute Gasteiger partial charge is 0.341 e. The molecule has 1 fully saturated rings. The number of carbonyl (C=O) groups excluding carboxylic acids is 1. The maximum atomic E-state index is 12.7. The number of carboxylic acids is 1. The summed E-state index contributed by atoms with van der Waals surface area (Å²) in [5, 5.41) is 8.71. The summed E-state index contributed by atoms with van der Waals surface area (Å²) < 4.78 is 10.7. The van der Waals surface area contributed by atoms with Crippen molar-refractivity contribution in [1.29, 1.82) is 0 Å². The molecule has 0 bridgehead atoms. The molecule has 0 aromatic heterocycles. The van der Waals surface area contributed by atoms with E-state index in [4.69, 9.17) is 14.6 Å². The van der Waals surface area contributed by atoms with Crippen LogP contribution in [0.3, 0.4) is 0 Å². The number of benzene rings is 1. The summed E-state index contributed by atoms with van der Waals surface area (Å²) in [6, 6.07) is 5.24. The first kappa shape index (κ1) is 17.1. The van der Waals surface area contributed by atoms with Crippen molar-refractivity contribution in [3.63, 3.8) is 0 Å². The molecule has 1 amide bonds. The zero-order valence-electron chi connectivity index (χ0n) is 13.6. The van der Waals surface area contributed by atoms with Gasteiger partial charge in [-0.05, 0) is 44.4 Å². The number of hydrogen-bond donors (Lipinski definition) is 1. The molecule has 1 aromatic carbocycles. The van der Waals surface area contributed by atoms with Crippen LogP contribution < -0.4 is 9.47 Å². The topological polar surface area (TPSA) is 76.1 Å². The molecular formula is C17H23NO5. The third-order valence-corrected chi connectivity index (χ3v) is 3.55. The van der Waals surface area contributed by atoms with E-state index in [1.165, 1.54) is 0 Å². The quantitative estimate of drug-likeness (QED) is 0.756. The van der Waals surface area contributed by atoms with Crippen LogP contribution in [-0.2, 0) is 4.79 Å². The summed E-state index contributed by atoms with van der Waals surface area (Å²) in [7, 11) is 0. The summed E-state index contributed by atoms with van der Waals surface area (Å²) >= 11 is 0. The van der Waals surface area contributed by atoms with Gasteiger partial charge in [0, 0.05) is 18.2 Å². The zero-order chi connectivity index (χ0) is 16.8. The van der Waals surface area contributed by atoms with Crippen molar-refractivity contribution < 1.29 is 24.2 Å². The lowest BCUT2D eigenvalue weighted by atomic mass is 10.1. The highest BCUT2D eigenvalue weighted by Crippen LogP contribution is 2.32. The van der Waals surface area contributed by atoms with Crippen LogP contribution in [0, 0.1) is 0 Å².